The van der Waals surface area contributed by atoms with E-state index in [2.05, 4.69) is 69.0 Å². The maximum Gasteiger partial charge on any atom is 0.0491 e. The third-order valence-corrected chi connectivity index (χ3v) is 6.06. The summed E-state index contributed by atoms with van der Waals surface area (Å²) in [5.41, 5.74) is 3.21. The van der Waals surface area contributed by atoms with E-state index >= 15 is 0 Å². The highest BCUT2D eigenvalue weighted by atomic mass is 79.9. The van der Waals surface area contributed by atoms with Crippen molar-refractivity contribution < 1.29 is 0 Å². The van der Waals surface area contributed by atoms with Gasteiger partial charge in [-0.2, -0.15) is 0 Å². The fourth-order valence-corrected chi connectivity index (χ4v) is 4.26. The van der Waals surface area contributed by atoms with Crippen LogP contribution in [0.4, 0.5) is 0 Å². The Bertz CT molecular complexity index is 709. The molecule has 4 rings (SSSR count). The molecule has 20 heavy (non-hydrogen) atoms. The van der Waals surface area contributed by atoms with Crippen molar-refractivity contribution in [1.82, 2.24) is 4.57 Å². The van der Waals surface area contributed by atoms with Crippen molar-refractivity contribution >= 4 is 37.7 Å². The molecule has 2 heteroatoms. The second-order valence-electron chi connectivity index (χ2n) is 6.11. The summed E-state index contributed by atoms with van der Waals surface area (Å²) in [6.07, 6.45) is 4.07. The lowest BCUT2D eigenvalue weighted by Crippen LogP contribution is -2.35. The van der Waals surface area contributed by atoms with Crippen LogP contribution < -0.4 is 0 Å². The molecule has 0 saturated heterocycles. The molecule has 0 bridgehead atoms. The fourth-order valence-electron chi connectivity index (χ4n) is 3.52. The first-order valence-electron chi connectivity index (χ1n) is 7.35. The Hall–Kier alpha value is -1.28. The molecule has 0 atom stereocenters. The number of alkyl halides is 1. The van der Waals surface area contributed by atoms with Crippen molar-refractivity contribution in [2.24, 2.45) is 5.41 Å². The minimum Gasteiger partial charge on any atom is -0.340 e. The number of nitrogens with zero attached hydrogens (tertiary/aromatic N) is 1. The summed E-state index contributed by atoms with van der Waals surface area (Å²) in [5, 5.41) is 3.88. The number of fused-ring (bicyclic) bond motifs is 3. The largest absolute Gasteiger partial charge is 0.340 e. The van der Waals surface area contributed by atoms with Gasteiger partial charge in [-0.25, -0.2) is 0 Å². The molecule has 0 N–H and O–H groups in total. The van der Waals surface area contributed by atoms with Gasteiger partial charge in [-0.3, -0.25) is 0 Å². The monoisotopic (exact) mass is 327 g/mol. The number of rotatable bonds is 3. The molecule has 2 aromatic carbocycles. The third-order valence-electron chi connectivity index (χ3n) is 4.87. The Kier molecular flexibility index (Phi) is 2.88. The van der Waals surface area contributed by atoms with Gasteiger partial charge in [0, 0.05) is 33.7 Å². The smallest absolute Gasteiger partial charge is 0.0491 e. The van der Waals surface area contributed by atoms with Crippen LogP contribution in [0.25, 0.3) is 21.8 Å². The van der Waals surface area contributed by atoms with E-state index in [0.717, 1.165) is 11.9 Å². The average molecular weight is 328 g/mol. The van der Waals surface area contributed by atoms with Crippen LogP contribution in [0.5, 0.6) is 0 Å². The van der Waals surface area contributed by atoms with Crippen molar-refractivity contribution in [3.63, 3.8) is 0 Å². The molecule has 1 aliphatic rings. The summed E-state index contributed by atoms with van der Waals surface area (Å²) >= 11 is 3.74. The van der Waals surface area contributed by atoms with E-state index in [0.29, 0.717) is 5.41 Å². The highest BCUT2D eigenvalue weighted by Crippen LogP contribution is 2.45. The number of aromatic nitrogens is 1. The molecule has 3 aromatic rings. The highest BCUT2D eigenvalue weighted by molar-refractivity contribution is 9.09. The second-order valence-corrected chi connectivity index (χ2v) is 6.67. The van der Waals surface area contributed by atoms with Gasteiger partial charge < -0.3 is 4.57 Å². The Labute approximate surface area is 127 Å². The van der Waals surface area contributed by atoms with E-state index in [4.69, 9.17) is 0 Å². The first-order valence-corrected chi connectivity index (χ1v) is 8.47. The Balaban J connectivity index is 1.96. The van der Waals surface area contributed by atoms with Gasteiger partial charge >= 0.3 is 0 Å². The molecule has 0 amide bonds. The first kappa shape index (κ1) is 12.5. The SMILES string of the molecule is BrCC1(Cn2c3ccccc3c3ccccc32)CCC1. The van der Waals surface area contributed by atoms with Crippen LogP contribution >= 0.6 is 15.9 Å². The Morgan fingerprint density at radius 2 is 1.45 bits per heavy atom. The molecule has 1 aliphatic carbocycles. The molecule has 1 aromatic heterocycles. The number of benzene rings is 2. The van der Waals surface area contributed by atoms with E-state index in [1.807, 2.05) is 0 Å². The first-order chi connectivity index (χ1) is 9.83. The summed E-state index contributed by atoms with van der Waals surface area (Å²) in [6.45, 7) is 1.13. The van der Waals surface area contributed by atoms with Gasteiger partial charge in [-0.05, 0) is 30.4 Å². The highest BCUT2D eigenvalue weighted by Gasteiger charge is 2.36. The van der Waals surface area contributed by atoms with Crippen LogP contribution in [-0.4, -0.2) is 9.90 Å². The lowest BCUT2D eigenvalue weighted by atomic mass is 9.70. The summed E-state index contributed by atoms with van der Waals surface area (Å²) in [4.78, 5) is 0. The van der Waals surface area contributed by atoms with Crippen LogP contribution in [0.3, 0.4) is 0 Å². The van der Waals surface area contributed by atoms with Crippen LogP contribution in [-0.2, 0) is 6.54 Å². The molecule has 1 fully saturated rings. The second kappa shape index (κ2) is 4.63. The number of hydrogen-bond acceptors (Lipinski definition) is 0. The average Bonchev–Trinajstić information content (AvgIpc) is 2.77. The van der Waals surface area contributed by atoms with Crippen molar-refractivity contribution in [3.05, 3.63) is 48.5 Å². The molecule has 1 nitrogen and oxygen atoms in total. The minimum absolute atomic E-state index is 0.463. The molecule has 102 valence electrons. The standard InChI is InChI=1S/C18H18BrN/c19-12-18(10-5-11-18)13-20-16-8-3-1-6-14(16)15-7-2-4-9-17(15)20/h1-4,6-9H,5,10-13H2. The normalized spacial score (nSPS) is 17.4. The van der Waals surface area contributed by atoms with Gasteiger partial charge in [0.25, 0.3) is 0 Å². The van der Waals surface area contributed by atoms with Gasteiger partial charge in [0.15, 0.2) is 0 Å². The predicted octanol–water partition coefficient (Wildman–Crippen LogP) is 5.36. The summed E-state index contributed by atoms with van der Waals surface area (Å²) in [5.74, 6) is 0. The van der Waals surface area contributed by atoms with Crippen molar-refractivity contribution in [2.45, 2.75) is 25.8 Å². The zero-order valence-corrected chi connectivity index (χ0v) is 13.1. The molecule has 0 spiro atoms. The number of para-hydroxylation sites is 2. The number of halogens is 1. The van der Waals surface area contributed by atoms with Crippen LogP contribution in [0.2, 0.25) is 0 Å². The van der Waals surface area contributed by atoms with Gasteiger partial charge in [0.1, 0.15) is 0 Å². The van der Waals surface area contributed by atoms with Gasteiger partial charge in [0.05, 0.1) is 0 Å². The molecule has 0 aliphatic heterocycles. The summed E-state index contributed by atoms with van der Waals surface area (Å²) < 4.78 is 2.53. The van der Waals surface area contributed by atoms with E-state index in [9.17, 15) is 0 Å². The fraction of sp³-hybridized carbons (Fsp3) is 0.333. The Morgan fingerprint density at radius 3 is 1.90 bits per heavy atom. The van der Waals surface area contributed by atoms with Gasteiger partial charge in [-0.1, -0.05) is 58.7 Å². The maximum absolute atomic E-state index is 3.74. The molecule has 1 saturated carbocycles. The van der Waals surface area contributed by atoms with Gasteiger partial charge in [-0.15, -0.1) is 0 Å². The molecular weight excluding hydrogens is 310 g/mol. The lowest BCUT2D eigenvalue weighted by molar-refractivity contribution is 0.144. The topological polar surface area (TPSA) is 4.93 Å². The van der Waals surface area contributed by atoms with E-state index in [1.165, 1.54) is 41.1 Å². The van der Waals surface area contributed by atoms with Gasteiger partial charge in [0.2, 0.25) is 0 Å². The molecule has 0 radical (unpaired) electrons. The van der Waals surface area contributed by atoms with Crippen molar-refractivity contribution in [2.75, 3.05) is 5.33 Å². The lowest BCUT2D eigenvalue weighted by Gasteiger charge is -2.41. The van der Waals surface area contributed by atoms with Crippen molar-refractivity contribution in [1.29, 1.82) is 0 Å². The quantitative estimate of drug-likeness (QED) is 0.571. The van der Waals surface area contributed by atoms with Crippen LogP contribution in [0, 0.1) is 5.41 Å². The zero-order chi connectivity index (χ0) is 13.6. The molecule has 1 heterocycles. The molecule has 0 unspecified atom stereocenters. The summed E-state index contributed by atoms with van der Waals surface area (Å²) in [6, 6.07) is 17.6. The predicted molar refractivity (Wildman–Crippen MR) is 89.5 cm³/mol. The number of hydrogen-bond donors (Lipinski definition) is 0. The van der Waals surface area contributed by atoms with Crippen LogP contribution in [0.15, 0.2) is 48.5 Å². The van der Waals surface area contributed by atoms with E-state index < -0.39 is 0 Å². The van der Waals surface area contributed by atoms with E-state index in [-0.39, 0.29) is 0 Å². The van der Waals surface area contributed by atoms with E-state index in [1.54, 1.807) is 0 Å². The maximum atomic E-state index is 3.74. The molecular formula is C18H18BrN. The minimum atomic E-state index is 0.463. The Morgan fingerprint density at radius 1 is 0.900 bits per heavy atom. The summed E-state index contributed by atoms with van der Waals surface area (Å²) in [7, 11) is 0. The van der Waals surface area contributed by atoms with Crippen molar-refractivity contribution in [3.8, 4) is 0 Å². The zero-order valence-electron chi connectivity index (χ0n) is 11.5. The third kappa shape index (κ3) is 1.74. The van der Waals surface area contributed by atoms with Crippen LogP contribution in [0.1, 0.15) is 19.3 Å².